The molecule has 0 saturated carbocycles. The molecule has 35 heavy (non-hydrogen) atoms. The Morgan fingerprint density at radius 2 is 1.91 bits per heavy atom. The summed E-state index contributed by atoms with van der Waals surface area (Å²) in [7, 11) is -2.60. The second-order valence-electron chi connectivity index (χ2n) is 8.71. The zero-order valence-electron chi connectivity index (χ0n) is 19.1. The van der Waals surface area contributed by atoms with Gasteiger partial charge in [-0.3, -0.25) is 4.90 Å². The molecule has 0 bridgehead atoms. The molecule has 0 radical (unpaired) electrons. The number of hydrogen-bond acceptors (Lipinski definition) is 8. The van der Waals surface area contributed by atoms with E-state index in [1.54, 1.807) is 4.90 Å². The normalized spacial score (nSPS) is 19.3. The molecule has 1 N–H and O–H groups in total. The van der Waals surface area contributed by atoms with Crippen molar-refractivity contribution in [3.8, 4) is 5.75 Å². The van der Waals surface area contributed by atoms with E-state index < -0.39 is 35.3 Å². The predicted molar refractivity (Wildman–Crippen MR) is 123 cm³/mol. The van der Waals surface area contributed by atoms with Crippen LogP contribution in [0.3, 0.4) is 0 Å². The van der Waals surface area contributed by atoms with E-state index in [1.165, 1.54) is 6.07 Å². The summed E-state index contributed by atoms with van der Waals surface area (Å²) >= 11 is 0. The molecule has 13 heteroatoms. The van der Waals surface area contributed by atoms with Crippen LogP contribution in [0.5, 0.6) is 5.75 Å². The standard InChI is InChI=1S/C22H27F4N5O3S/c1-13-8-17-18(11-31(13)12-35(32)33)29-22(21(28-17)27-10-20(25)26)30-6-4-15(5-7-30)34-19-3-2-14(23)9-16(19)24/h2-3,9,13,15,20,35H,4-8,10-12H2,1H3,(H,27,28). The minimum absolute atomic E-state index is 0.0244. The van der Waals surface area contributed by atoms with Gasteiger partial charge in [0.25, 0.3) is 6.43 Å². The molecule has 192 valence electrons. The van der Waals surface area contributed by atoms with Crippen molar-refractivity contribution in [2.75, 3.05) is 35.7 Å². The lowest BCUT2D eigenvalue weighted by Gasteiger charge is -2.36. The molecule has 0 amide bonds. The molecule has 3 heterocycles. The first-order chi connectivity index (χ1) is 16.7. The topological polar surface area (TPSA) is 87.7 Å². The molecule has 1 aromatic carbocycles. The molecule has 1 saturated heterocycles. The third kappa shape index (κ3) is 6.31. The predicted octanol–water partition coefficient (Wildman–Crippen LogP) is 2.80. The molecule has 0 aliphatic carbocycles. The van der Waals surface area contributed by atoms with Crippen molar-refractivity contribution in [1.29, 1.82) is 0 Å². The van der Waals surface area contributed by atoms with Gasteiger partial charge in [0.2, 0.25) is 0 Å². The molecule has 1 aromatic heterocycles. The second-order valence-corrected chi connectivity index (χ2v) is 9.66. The number of benzene rings is 1. The third-order valence-corrected chi connectivity index (χ3v) is 6.74. The van der Waals surface area contributed by atoms with Gasteiger partial charge in [0.05, 0.1) is 23.8 Å². The first kappa shape index (κ1) is 25.4. The molecule has 1 atom stereocenters. The average molecular weight is 518 g/mol. The zero-order chi connectivity index (χ0) is 25.1. The number of rotatable bonds is 8. The van der Waals surface area contributed by atoms with E-state index in [9.17, 15) is 26.0 Å². The molecular weight excluding hydrogens is 490 g/mol. The first-order valence-electron chi connectivity index (χ1n) is 11.3. The van der Waals surface area contributed by atoms with Crippen LogP contribution >= 0.6 is 0 Å². The third-order valence-electron chi connectivity index (χ3n) is 6.15. The van der Waals surface area contributed by atoms with Crippen LogP contribution in [0.1, 0.15) is 31.2 Å². The highest BCUT2D eigenvalue weighted by Gasteiger charge is 2.30. The van der Waals surface area contributed by atoms with E-state index in [-0.39, 0.29) is 29.6 Å². The fourth-order valence-corrected chi connectivity index (χ4v) is 5.00. The zero-order valence-corrected chi connectivity index (χ0v) is 20.0. The van der Waals surface area contributed by atoms with Crippen molar-refractivity contribution in [3.05, 3.63) is 41.2 Å². The van der Waals surface area contributed by atoms with Gasteiger partial charge in [0, 0.05) is 51.0 Å². The van der Waals surface area contributed by atoms with Gasteiger partial charge in [-0.1, -0.05) is 0 Å². The molecule has 1 fully saturated rings. The summed E-state index contributed by atoms with van der Waals surface area (Å²) in [6, 6.07) is 3.06. The number of aromatic nitrogens is 2. The van der Waals surface area contributed by atoms with Gasteiger partial charge in [-0.25, -0.2) is 35.9 Å². The molecule has 4 rings (SSSR count). The SMILES string of the molecule is CC1Cc2nc(NCC(F)F)c(N3CCC(Oc4ccc(F)cc4F)CC3)nc2CN1C[SH](=O)=O. The quantitative estimate of drug-likeness (QED) is 0.409. The Morgan fingerprint density at radius 1 is 1.17 bits per heavy atom. The summed E-state index contributed by atoms with van der Waals surface area (Å²) in [5.74, 6) is -0.912. The van der Waals surface area contributed by atoms with E-state index >= 15 is 0 Å². The van der Waals surface area contributed by atoms with Crippen molar-refractivity contribution in [3.63, 3.8) is 0 Å². The number of anilines is 2. The van der Waals surface area contributed by atoms with Crippen molar-refractivity contribution in [2.24, 2.45) is 0 Å². The van der Waals surface area contributed by atoms with Gasteiger partial charge in [0.15, 0.2) is 33.9 Å². The van der Waals surface area contributed by atoms with Gasteiger partial charge in [0.1, 0.15) is 11.9 Å². The van der Waals surface area contributed by atoms with E-state index in [0.29, 0.717) is 56.1 Å². The van der Waals surface area contributed by atoms with Crippen LogP contribution in [-0.4, -0.2) is 67.4 Å². The molecule has 0 spiro atoms. The van der Waals surface area contributed by atoms with Crippen LogP contribution in [0.2, 0.25) is 0 Å². The maximum absolute atomic E-state index is 13.9. The van der Waals surface area contributed by atoms with Crippen LogP contribution in [0.4, 0.5) is 29.2 Å². The monoisotopic (exact) mass is 517 g/mol. The highest BCUT2D eigenvalue weighted by molar-refractivity contribution is 7.72. The lowest BCUT2D eigenvalue weighted by Crippen LogP contribution is -2.42. The summed E-state index contributed by atoms with van der Waals surface area (Å²) < 4.78 is 81.2. The minimum atomic E-state index is -2.60. The van der Waals surface area contributed by atoms with E-state index in [4.69, 9.17) is 9.72 Å². The number of ether oxygens (including phenoxy) is 1. The first-order valence-corrected chi connectivity index (χ1v) is 12.7. The smallest absolute Gasteiger partial charge is 0.255 e. The maximum Gasteiger partial charge on any atom is 0.255 e. The Balaban J connectivity index is 1.51. The van der Waals surface area contributed by atoms with Crippen molar-refractivity contribution >= 4 is 22.3 Å². The summed E-state index contributed by atoms with van der Waals surface area (Å²) in [5, 5.41) is 2.69. The number of nitrogens with one attached hydrogen (secondary N) is 1. The van der Waals surface area contributed by atoms with Crippen LogP contribution in [0, 0.1) is 11.6 Å². The molecule has 2 aliphatic heterocycles. The lowest BCUT2D eigenvalue weighted by molar-refractivity contribution is 0.162. The van der Waals surface area contributed by atoms with Gasteiger partial charge in [-0.2, -0.15) is 0 Å². The van der Waals surface area contributed by atoms with Crippen molar-refractivity contribution < 1.29 is 30.7 Å². The Bertz CT molecular complexity index is 1120. The summed E-state index contributed by atoms with van der Waals surface area (Å²) in [5.41, 5.74) is 1.27. The van der Waals surface area contributed by atoms with Gasteiger partial charge < -0.3 is 15.0 Å². The Hall–Kier alpha value is -2.67. The van der Waals surface area contributed by atoms with Crippen LogP contribution in [-0.2, 0) is 23.7 Å². The van der Waals surface area contributed by atoms with Crippen LogP contribution in [0.25, 0.3) is 0 Å². The highest BCUT2D eigenvalue weighted by Crippen LogP contribution is 2.31. The molecule has 2 aromatic rings. The van der Waals surface area contributed by atoms with Gasteiger partial charge in [-0.05, 0) is 19.1 Å². The van der Waals surface area contributed by atoms with E-state index in [0.717, 1.165) is 12.1 Å². The van der Waals surface area contributed by atoms with Gasteiger partial charge in [-0.15, -0.1) is 0 Å². The molecule has 2 aliphatic rings. The summed E-state index contributed by atoms with van der Waals surface area (Å²) in [6.45, 7) is 2.51. The second kappa shape index (κ2) is 10.9. The number of piperidine rings is 1. The van der Waals surface area contributed by atoms with Crippen LogP contribution < -0.4 is 15.0 Å². The number of halogens is 4. The number of hydrogen-bond donors (Lipinski definition) is 2. The molecule has 8 nitrogen and oxygen atoms in total. The number of alkyl halides is 2. The number of nitrogens with zero attached hydrogens (tertiary/aromatic N) is 4. The van der Waals surface area contributed by atoms with Crippen LogP contribution in [0.15, 0.2) is 18.2 Å². The van der Waals surface area contributed by atoms with Gasteiger partial charge >= 0.3 is 0 Å². The number of thiol groups is 1. The lowest BCUT2D eigenvalue weighted by atomic mass is 10.0. The van der Waals surface area contributed by atoms with E-state index in [1.807, 2.05) is 11.8 Å². The number of fused-ring (bicyclic) bond motifs is 1. The van der Waals surface area contributed by atoms with E-state index in [2.05, 4.69) is 10.3 Å². The Morgan fingerprint density at radius 3 is 2.57 bits per heavy atom. The fourth-order valence-electron chi connectivity index (χ4n) is 4.33. The highest BCUT2D eigenvalue weighted by atomic mass is 32.2. The summed E-state index contributed by atoms with van der Waals surface area (Å²) in [6.07, 6.45) is -1.42. The fraction of sp³-hybridized carbons (Fsp3) is 0.545. The molecule has 1 unspecified atom stereocenters. The Kier molecular flexibility index (Phi) is 7.95. The molecular formula is C22H27F4N5O3S. The largest absolute Gasteiger partial charge is 0.487 e. The van der Waals surface area contributed by atoms with Crippen molar-refractivity contribution in [2.45, 2.75) is 51.3 Å². The van der Waals surface area contributed by atoms with Crippen molar-refractivity contribution in [1.82, 2.24) is 14.9 Å². The maximum atomic E-state index is 13.9. The minimum Gasteiger partial charge on any atom is -0.487 e. The average Bonchev–Trinajstić information content (AvgIpc) is 2.80. The summed E-state index contributed by atoms with van der Waals surface area (Å²) in [4.78, 5) is 13.0. The Labute approximate surface area is 202 Å².